The summed E-state index contributed by atoms with van der Waals surface area (Å²) < 4.78 is 6.31. The van der Waals surface area contributed by atoms with Crippen molar-refractivity contribution in [3.8, 4) is 0 Å². The Hall–Kier alpha value is -1.88. The summed E-state index contributed by atoms with van der Waals surface area (Å²) in [6.07, 6.45) is 4.49. The number of benzene rings is 1. The van der Waals surface area contributed by atoms with Crippen LogP contribution in [0.5, 0.6) is 0 Å². The second-order valence-corrected chi connectivity index (χ2v) is 7.44. The van der Waals surface area contributed by atoms with Gasteiger partial charge >= 0.3 is 0 Å². The summed E-state index contributed by atoms with van der Waals surface area (Å²) in [4.78, 5) is 28.3. The number of carbonyl (C=O) groups excluding carboxylic acids is 2. The molecule has 1 aliphatic carbocycles. The summed E-state index contributed by atoms with van der Waals surface area (Å²) in [6.45, 7) is 2.66. The van der Waals surface area contributed by atoms with Crippen molar-refractivity contribution in [3.63, 3.8) is 0 Å². The normalized spacial score (nSPS) is 27.0. The van der Waals surface area contributed by atoms with E-state index < -0.39 is 0 Å². The first-order valence-electron chi connectivity index (χ1n) is 9.46. The minimum Gasteiger partial charge on any atom is -0.366 e. The predicted molar refractivity (Wildman–Crippen MR) is 93.8 cm³/mol. The molecule has 0 aromatic heterocycles. The van der Waals surface area contributed by atoms with E-state index >= 15 is 0 Å². The summed E-state index contributed by atoms with van der Waals surface area (Å²) in [5, 5.41) is 0. The predicted octanol–water partition coefficient (Wildman–Crippen LogP) is 2.38. The molecule has 3 fully saturated rings. The number of carbonyl (C=O) groups is 2. The van der Waals surface area contributed by atoms with Crippen LogP contribution in [-0.4, -0.2) is 53.9 Å². The Morgan fingerprint density at radius 2 is 1.96 bits per heavy atom. The number of hydrogen-bond donors (Lipinski definition) is 0. The van der Waals surface area contributed by atoms with E-state index in [-0.39, 0.29) is 24.0 Å². The van der Waals surface area contributed by atoms with Gasteiger partial charge in [-0.15, -0.1) is 0 Å². The molecule has 4 rings (SSSR count). The highest BCUT2D eigenvalue weighted by molar-refractivity contribution is 5.80. The molecule has 2 aliphatic heterocycles. The van der Waals surface area contributed by atoms with E-state index in [4.69, 9.17) is 4.74 Å². The van der Waals surface area contributed by atoms with E-state index in [1.165, 1.54) is 12.8 Å². The first kappa shape index (κ1) is 16.6. The van der Waals surface area contributed by atoms with Gasteiger partial charge < -0.3 is 14.5 Å². The average molecular weight is 342 g/mol. The van der Waals surface area contributed by atoms with Crippen LogP contribution in [0.2, 0.25) is 0 Å². The molecule has 0 spiro atoms. The maximum atomic E-state index is 12.8. The zero-order valence-corrected chi connectivity index (χ0v) is 14.6. The topological polar surface area (TPSA) is 49.9 Å². The van der Waals surface area contributed by atoms with Gasteiger partial charge in [0, 0.05) is 32.5 Å². The summed E-state index contributed by atoms with van der Waals surface area (Å²) in [7, 11) is 0. The SMILES string of the molecule is O=C1CCCN1CCC(=O)N1C[C@@H](c2ccccc2)O[C@@H](C2CC2)C1. The fraction of sp³-hybridized carbons (Fsp3) is 0.600. The lowest BCUT2D eigenvalue weighted by molar-refractivity contribution is -0.148. The highest BCUT2D eigenvalue weighted by atomic mass is 16.5. The van der Waals surface area contributed by atoms with E-state index in [1.54, 1.807) is 0 Å². The van der Waals surface area contributed by atoms with E-state index in [1.807, 2.05) is 28.0 Å². The van der Waals surface area contributed by atoms with Crippen molar-refractivity contribution < 1.29 is 14.3 Å². The fourth-order valence-corrected chi connectivity index (χ4v) is 3.90. The Morgan fingerprint density at radius 3 is 2.64 bits per heavy atom. The average Bonchev–Trinajstić information content (AvgIpc) is 3.43. The van der Waals surface area contributed by atoms with Crippen molar-refractivity contribution in [1.29, 1.82) is 0 Å². The maximum Gasteiger partial charge on any atom is 0.224 e. The molecular weight excluding hydrogens is 316 g/mol. The second-order valence-electron chi connectivity index (χ2n) is 7.44. The van der Waals surface area contributed by atoms with E-state index in [0.717, 1.165) is 18.5 Å². The highest BCUT2D eigenvalue weighted by Gasteiger charge is 2.40. The minimum absolute atomic E-state index is 0.0436. The van der Waals surface area contributed by atoms with Gasteiger partial charge in [-0.1, -0.05) is 30.3 Å². The monoisotopic (exact) mass is 342 g/mol. The lowest BCUT2D eigenvalue weighted by Gasteiger charge is -2.39. The summed E-state index contributed by atoms with van der Waals surface area (Å²) >= 11 is 0. The molecule has 5 nitrogen and oxygen atoms in total. The molecule has 1 saturated carbocycles. The molecule has 1 aromatic rings. The number of hydrogen-bond acceptors (Lipinski definition) is 3. The van der Waals surface area contributed by atoms with Crippen molar-refractivity contribution in [1.82, 2.24) is 9.80 Å². The molecule has 2 heterocycles. The zero-order valence-electron chi connectivity index (χ0n) is 14.6. The van der Waals surface area contributed by atoms with Gasteiger partial charge in [-0.25, -0.2) is 0 Å². The molecule has 3 aliphatic rings. The van der Waals surface area contributed by atoms with Crippen LogP contribution >= 0.6 is 0 Å². The number of morpholine rings is 1. The molecule has 0 unspecified atom stereocenters. The molecule has 2 atom stereocenters. The summed E-state index contributed by atoms with van der Waals surface area (Å²) in [6, 6.07) is 10.2. The largest absolute Gasteiger partial charge is 0.366 e. The molecule has 0 bridgehead atoms. The third kappa shape index (κ3) is 3.87. The van der Waals surface area contributed by atoms with Crippen LogP contribution < -0.4 is 0 Å². The van der Waals surface area contributed by atoms with Gasteiger partial charge in [0.05, 0.1) is 12.6 Å². The third-order valence-electron chi connectivity index (χ3n) is 5.56. The zero-order chi connectivity index (χ0) is 17.2. The van der Waals surface area contributed by atoms with Crippen LogP contribution in [0, 0.1) is 5.92 Å². The van der Waals surface area contributed by atoms with Gasteiger partial charge in [-0.3, -0.25) is 9.59 Å². The molecule has 5 heteroatoms. The molecule has 25 heavy (non-hydrogen) atoms. The highest BCUT2D eigenvalue weighted by Crippen LogP contribution is 2.39. The number of rotatable bonds is 5. The smallest absolute Gasteiger partial charge is 0.224 e. The van der Waals surface area contributed by atoms with Crippen LogP contribution in [0.15, 0.2) is 30.3 Å². The standard InChI is InChI=1S/C20H26N2O3/c23-19-7-4-11-21(19)12-10-20(24)22-13-17(15-5-2-1-3-6-15)25-18(14-22)16-8-9-16/h1-3,5-6,16-18H,4,7-14H2/t17-,18+/m0/s1. The Bertz CT molecular complexity index is 629. The summed E-state index contributed by atoms with van der Waals surface area (Å²) in [5.41, 5.74) is 1.14. The van der Waals surface area contributed by atoms with Crippen molar-refractivity contribution >= 4 is 11.8 Å². The molecule has 2 amide bonds. The quantitative estimate of drug-likeness (QED) is 0.825. The first-order chi connectivity index (χ1) is 12.2. The Morgan fingerprint density at radius 1 is 1.16 bits per heavy atom. The number of likely N-dealkylation sites (tertiary alicyclic amines) is 1. The molecular formula is C20H26N2O3. The molecule has 1 aromatic carbocycles. The van der Waals surface area contributed by atoms with Crippen LogP contribution in [0.4, 0.5) is 0 Å². The van der Waals surface area contributed by atoms with Gasteiger partial charge in [0.25, 0.3) is 0 Å². The first-order valence-corrected chi connectivity index (χ1v) is 9.46. The van der Waals surface area contributed by atoms with E-state index in [9.17, 15) is 9.59 Å². The van der Waals surface area contributed by atoms with Crippen molar-refractivity contribution in [2.75, 3.05) is 26.2 Å². The van der Waals surface area contributed by atoms with E-state index in [0.29, 0.717) is 38.4 Å². The Balaban J connectivity index is 1.40. The molecule has 0 N–H and O–H groups in total. The van der Waals surface area contributed by atoms with Crippen LogP contribution in [0.3, 0.4) is 0 Å². The van der Waals surface area contributed by atoms with Crippen molar-refractivity contribution in [2.45, 2.75) is 44.3 Å². The molecule has 134 valence electrons. The number of nitrogens with zero attached hydrogens (tertiary/aromatic N) is 2. The van der Waals surface area contributed by atoms with Gasteiger partial charge in [-0.2, -0.15) is 0 Å². The summed E-state index contributed by atoms with van der Waals surface area (Å²) in [5.74, 6) is 0.935. The number of amides is 2. The van der Waals surface area contributed by atoms with Gasteiger partial charge in [0.2, 0.25) is 11.8 Å². The molecule has 2 saturated heterocycles. The van der Waals surface area contributed by atoms with Gasteiger partial charge in [0.1, 0.15) is 6.10 Å². The maximum absolute atomic E-state index is 12.8. The van der Waals surface area contributed by atoms with Crippen LogP contribution in [0.25, 0.3) is 0 Å². The lowest BCUT2D eigenvalue weighted by Crippen LogP contribution is -2.48. The second kappa shape index (κ2) is 7.16. The minimum atomic E-state index is -0.0436. The Kier molecular flexibility index (Phi) is 4.75. The van der Waals surface area contributed by atoms with Crippen LogP contribution in [0.1, 0.15) is 43.8 Å². The fourth-order valence-electron chi connectivity index (χ4n) is 3.90. The number of ether oxygens (including phenoxy) is 1. The van der Waals surface area contributed by atoms with Gasteiger partial charge in [-0.05, 0) is 30.7 Å². The van der Waals surface area contributed by atoms with Crippen LogP contribution in [-0.2, 0) is 14.3 Å². The lowest BCUT2D eigenvalue weighted by atomic mass is 10.0. The van der Waals surface area contributed by atoms with Gasteiger partial charge in [0.15, 0.2) is 0 Å². The van der Waals surface area contributed by atoms with Crippen molar-refractivity contribution in [3.05, 3.63) is 35.9 Å². The molecule has 0 radical (unpaired) electrons. The third-order valence-corrected chi connectivity index (χ3v) is 5.56. The Labute approximate surface area is 148 Å². The van der Waals surface area contributed by atoms with Crippen molar-refractivity contribution in [2.24, 2.45) is 5.92 Å². The van der Waals surface area contributed by atoms with E-state index in [2.05, 4.69) is 12.1 Å².